The molecule has 0 aliphatic carbocycles. The fourth-order valence-corrected chi connectivity index (χ4v) is 3.76. The molecule has 2 rings (SSSR count). The molecule has 5 nitrogen and oxygen atoms in total. The van der Waals surface area contributed by atoms with Crippen molar-refractivity contribution >= 4 is 39.5 Å². The van der Waals surface area contributed by atoms with Crippen molar-refractivity contribution in [2.24, 2.45) is 0 Å². The van der Waals surface area contributed by atoms with Crippen LogP contribution in [0.4, 0.5) is 0 Å². The van der Waals surface area contributed by atoms with Crippen LogP contribution in [0.3, 0.4) is 0 Å². The maximum Gasteiger partial charge on any atom is 0.253 e. The number of amides is 2. The van der Waals surface area contributed by atoms with Crippen LogP contribution in [0.25, 0.3) is 0 Å². The average Bonchev–Trinajstić information content (AvgIpc) is 3.11. The Labute approximate surface area is 162 Å². The monoisotopic (exact) mass is 428 g/mol. The van der Waals surface area contributed by atoms with E-state index in [1.54, 1.807) is 29.8 Å². The van der Waals surface area contributed by atoms with Crippen LogP contribution in [0.5, 0.6) is 0 Å². The highest BCUT2D eigenvalue weighted by molar-refractivity contribution is 9.10. The van der Waals surface area contributed by atoms with Crippen LogP contribution in [0.1, 0.15) is 29.6 Å². The summed E-state index contributed by atoms with van der Waals surface area (Å²) in [5, 5.41) is 2.90. The zero-order chi connectivity index (χ0) is 18.2. The van der Waals surface area contributed by atoms with Gasteiger partial charge in [-0.1, -0.05) is 12.1 Å². The molecule has 1 aliphatic heterocycles. The van der Waals surface area contributed by atoms with E-state index in [1.165, 1.54) is 0 Å². The topological polar surface area (TPSA) is 58.6 Å². The SMILES string of the molecule is CSCCC(NC(=O)c1ccccc1Br)C(=O)N(C)CC1CCCO1. The molecule has 2 atom stereocenters. The molecule has 0 bridgehead atoms. The summed E-state index contributed by atoms with van der Waals surface area (Å²) < 4.78 is 6.33. The number of rotatable bonds is 8. The fourth-order valence-electron chi connectivity index (χ4n) is 2.82. The highest BCUT2D eigenvalue weighted by atomic mass is 79.9. The highest BCUT2D eigenvalue weighted by Gasteiger charge is 2.27. The Kier molecular flexibility index (Phi) is 8.26. The molecule has 25 heavy (non-hydrogen) atoms. The summed E-state index contributed by atoms with van der Waals surface area (Å²) in [5.41, 5.74) is 0.534. The number of ether oxygens (including phenoxy) is 1. The van der Waals surface area contributed by atoms with Gasteiger partial charge >= 0.3 is 0 Å². The van der Waals surface area contributed by atoms with Gasteiger partial charge in [0.1, 0.15) is 6.04 Å². The second-order valence-corrected chi connectivity index (χ2v) is 7.98. The van der Waals surface area contributed by atoms with Crippen molar-refractivity contribution in [1.29, 1.82) is 0 Å². The number of halogens is 1. The predicted octanol–water partition coefficient (Wildman–Crippen LogP) is 2.94. The van der Waals surface area contributed by atoms with Gasteiger partial charge in [0.2, 0.25) is 5.91 Å². The van der Waals surface area contributed by atoms with Crippen molar-refractivity contribution in [3.05, 3.63) is 34.3 Å². The molecule has 1 saturated heterocycles. The third-order valence-corrected chi connectivity index (χ3v) is 5.55. The predicted molar refractivity (Wildman–Crippen MR) is 105 cm³/mol. The first-order valence-corrected chi connectivity index (χ1v) is 10.6. The Balaban J connectivity index is 2.02. The molecule has 1 fully saturated rings. The molecule has 0 radical (unpaired) electrons. The third-order valence-electron chi connectivity index (χ3n) is 4.21. The van der Waals surface area contributed by atoms with E-state index in [4.69, 9.17) is 4.74 Å². The van der Waals surface area contributed by atoms with Gasteiger partial charge in [0.25, 0.3) is 5.91 Å². The van der Waals surface area contributed by atoms with E-state index in [2.05, 4.69) is 21.2 Å². The van der Waals surface area contributed by atoms with Gasteiger partial charge in [-0.25, -0.2) is 0 Å². The van der Waals surface area contributed by atoms with E-state index >= 15 is 0 Å². The number of thioether (sulfide) groups is 1. The molecular weight excluding hydrogens is 404 g/mol. The maximum atomic E-state index is 12.8. The zero-order valence-corrected chi connectivity index (χ0v) is 17.1. The summed E-state index contributed by atoms with van der Waals surface area (Å²) in [6.07, 6.45) is 4.73. The Morgan fingerprint density at radius 3 is 2.84 bits per heavy atom. The van der Waals surface area contributed by atoms with Gasteiger partial charge in [-0.3, -0.25) is 9.59 Å². The standard InChI is InChI=1S/C18H25BrN2O3S/c1-21(12-13-6-5-10-24-13)18(23)16(9-11-25-2)20-17(22)14-7-3-4-8-15(14)19/h3-4,7-8,13,16H,5-6,9-12H2,1-2H3,(H,20,22). The zero-order valence-electron chi connectivity index (χ0n) is 14.7. The Bertz CT molecular complexity index is 593. The van der Waals surface area contributed by atoms with Gasteiger partial charge in [-0.15, -0.1) is 0 Å². The van der Waals surface area contributed by atoms with E-state index in [0.717, 1.165) is 29.7 Å². The molecule has 2 amide bonds. The molecule has 0 spiro atoms. The lowest BCUT2D eigenvalue weighted by Crippen LogP contribution is -2.49. The number of benzene rings is 1. The fraction of sp³-hybridized carbons (Fsp3) is 0.556. The number of carbonyl (C=O) groups excluding carboxylic acids is 2. The quantitative estimate of drug-likeness (QED) is 0.691. The first-order chi connectivity index (χ1) is 12.0. The normalized spacial score (nSPS) is 18.0. The second kappa shape index (κ2) is 10.2. The molecule has 7 heteroatoms. The number of likely N-dealkylation sites (N-methyl/N-ethyl adjacent to an activating group) is 1. The lowest BCUT2D eigenvalue weighted by molar-refractivity contribution is -0.133. The molecule has 0 saturated carbocycles. The maximum absolute atomic E-state index is 12.8. The van der Waals surface area contributed by atoms with Gasteiger partial charge in [0, 0.05) is 24.7 Å². The summed E-state index contributed by atoms with van der Waals surface area (Å²) in [4.78, 5) is 27.1. The molecule has 1 aromatic rings. The first kappa shape index (κ1) is 20.3. The summed E-state index contributed by atoms with van der Waals surface area (Å²) in [5.74, 6) is 0.503. The van der Waals surface area contributed by atoms with E-state index in [9.17, 15) is 9.59 Å². The van der Waals surface area contributed by atoms with Gasteiger partial charge in [0.05, 0.1) is 11.7 Å². The van der Waals surface area contributed by atoms with Crippen molar-refractivity contribution < 1.29 is 14.3 Å². The van der Waals surface area contributed by atoms with Crippen molar-refractivity contribution in [3.8, 4) is 0 Å². The van der Waals surface area contributed by atoms with Crippen LogP contribution in [0, 0.1) is 0 Å². The van der Waals surface area contributed by atoms with Crippen LogP contribution in [0.15, 0.2) is 28.7 Å². The molecule has 138 valence electrons. The molecule has 1 aromatic carbocycles. The minimum atomic E-state index is -0.529. The number of nitrogens with zero attached hydrogens (tertiary/aromatic N) is 1. The molecule has 1 heterocycles. The van der Waals surface area contributed by atoms with Crippen molar-refractivity contribution in [3.63, 3.8) is 0 Å². The summed E-state index contributed by atoms with van der Waals surface area (Å²) >= 11 is 5.05. The van der Waals surface area contributed by atoms with E-state index in [1.807, 2.05) is 24.5 Å². The molecular formula is C18H25BrN2O3S. The molecule has 1 N–H and O–H groups in total. The Hall–Kier alpha value is -1.05. The van der Waals surface area contributed by atoms with Crippen molar-refractivity contribution in [2.75, 3.05) is 32.2 Å². The van der Waals surface area contributed by atoms with Crippen LogP contribution in [-0.4, -0.2) is 61.1 Å². The van der Waals surface area contributed by atoms with E-state index in [-0.39, 0.29) is 17.9 Å². The smallest absolute Gasteiger partial charge is 0.253 e. The minimum absolute atomic E-state index is 0.0649. The van der Waals surface area contributed by atoms with E-state index in [0.29, 0.717) is 18.5 Å². The minimum Gasteiger partial charge on any atom is -0.376 e. The number of carbonyl (C=O) groups is 2. The van der Waals surface area contributed by atoms with Crippen LogP contribution < -0.4 is 5.32 Å². The summed E-state index contributed by atoms with van der Waals surface area (Å²) in [7, 11) is 1.78. The average molecular weight is 429 g/mol. The van der Waals surface area contributed by atoms with Gasteiger partial charge in [0.15, 0.2) is 0 Å². The Morgan fingerprint density at radius 1 is 1.44 bits per heavy atom. The van der Waals surface area contributed by atoms with Crippen LogP contribution >= 0.6 is 27.7 Å². The van der Waals surface area contributed by atoms with Crippen LogP contribution in [0.2, 0.25) is 0 Å². The first-order valence-electron chi connectivity index (χ1n) is 8.44. The second-order valence-electron chi connectivity index (χ2n) is 6.14. The van der Waals surface area contributed by atoms with Gasteiger partial charge in [-0.05, 0) is 59.3 Å². The Morgan fingerprint density at radius 2 is 2.20 bits per heavy atom. The lowest BCUT2D eigenvalue weighted by Gasteiger charge is -2.26. The van der Waals surface area contributed by atoms with Gasteiger partial charge < -0.3 is 15.0 Å². The van der Waals surface area contributed by atoms with E-state index < -0.39 is 6.04 Å². The van der Waals surface area contributed by atoms with Crippen LogP contribution in [-0.2, 0) is 9.53 Å². The van der Waals surface area contributed by atoms with Gasteiger partial charge in [-0.2, -0.15) is 11.8 Å². The largest absolute Gasteiger partial charge is 0.376 e. The third kappa shape index (κ3) is 6.01. The number of nitrogens with one attached hydrogen (secondary N) is 1. The highest BCUT2D eigenvalue weighted by Crippen LogP contribution is 2.17. The number of hydrogen-bond acceptors (Lipinski definition) is 4. The number of hydrogen-bond donors (Lipinski definition) is 1. The summed E-state index contributed by atoms with van der Waals surface area (Å²) in [6.45, 7) is 1.33. The van der Waals surface area contributed by atoms with Crippen molar-refractivity contribution in [1.82, 2.24) is 10.2 Å². The molecule has 2 unspecified atom stereocenters. The van der Waals surface area contributed by atoms with Crippen molar-refractivity contribution in [2.45, 2.75) is 31.4 Å². The lowest BCUT2D eigenvalue weighted by atomic mass is 10.1. The molecule has 0 aromatic heterocycles. The molecule has 1 aliphatic rings. The summed E-state index contributed by atoms with van der Waals surface area (Å²) in [6, 6.07) is 6.69.